The van der Waals surface area contributed by atoms with Crippen LogP contribution in [-0.2, 0) is 13.1 Å². The number of nitrogens with two attached hydrogens (primary N) is 4. The summed E-state index contributed by atoms with van der Waals surface area (Å²) in [7, 11) is 3.20. The van der Waals surface area contributed by atoms with Crippen LogP contribution < -0.4 is 56.1 Å². The van der Waals surface area contributed by atoms with Crippen LogP contribution in [0.1, 0.15) is 6.42 Å². The molecule has 0 amide bonds. The fourth-order valence-corrected chi connectivity index (χ4v) is 4.52. The zero-order valence-electron chi connectivity index (χ0n) is 23.1. The lowest BCUT2D eigenvalue weighted by Crippen LogP contribution is -2.38. The van der Waals surface area contributed by atoms with Gasteiger partial charge in [-0.25, -0.2) is 9.59 Å². The zero-order chi connectivity index (χ0) is 30.6. The van der Waals surface area contributed by atoms with Gasteiger partial charge in [-0.2, -0.15) is 15.0 Å². The third-order valence-corrected chi connectivity index (χ3v) is 6.58. The number of guanidine groups is 1. The van der Waals surface area contributed by atoms with E-state index in [0.29, 0.717) is 37.4 Å². The van der Waals surface area contributed by atoms with E-state index in [-0.39, 0.29) is 59.6 Å². The number of aromatic amines is 2. The highest BCUT2D eigenvalue weighted by Crippen LogP contribution is 2.16. The fourth-order valence-electron chi connectivity index (χ4n) is 4.52. The number of rotatable bonds is 12. The molecule has 19 nitrogen and oxygen atoms in total. The van der Waals surface area contributed by atoms with Crippen molar-refractivity contribution in [2.24, 2.45) is 16.5 Å². The summed E-state index contributed by atoms with van der Waals surface area (Å²) in [6, 6.07) is 1.60. The molecule has 19 heteroatoms. The van der Waals surface area contributed by atoms with Gasteiger partial charge in [0.2, 0.25) is 5.95 Å². The number of fused-ring (bicyclic) bond motifs is 2. The van der Waals surface area contributed by atoms with Crippen molar-refractivity contribution in [3.63, 3.8) is 0 Å². The standard InChI is InChI=1S/C23H33N15O4/c1-28-12-10-11-13(18(39)31-12)15(24)32-22(41)37(11)8-6-36(5-3-4-30-20(26)27)7-9-38-17-14(16(25)33-23(38)42)19(40)35-21(29-2)34-17/h10H,3-9H2,1-2H3,(H2,24,32,41)(H2,25,33,42)(H4,26,27,30)(H2,28,31,39)(H2,29,34,35,40). The van der Waals surface area contributed by atoms with Crippen LogP contribution in [0.4, 0.5) is 23.4 Å². The summed E-state index contributed by atoms with van der Waals surface area (Å²) in [6.07, 6.45) is 0.550. The third-order valence-electron chi connectivity index (χ3n) is 6.58. The number of aromatic nitrogens is 7. The van der Waals surface area contributed by atoms with Gasteiger partial charge >= 0.3 is 11.4 Å². The first-order chi connectivity index (χ1) is 20.0. The van der Waals surface area contributed by atoms with Gasteiger partial charge in [0.25, 0.3) is 11.1 Å². The Morgan fingerprint density at radius 3 is 2.14 bits per heavy atom. The van der Waals surface area contributed by atoms with Crippen molar-refractivity contribution in [1.29, 1.82) is 0 Å². The first kappa shape index (κ1) is 29.5. The molecule has 0 aliphatic heterocycles. The van der Waals surface area contributed by atoms with Gasteiger partial charge in [0.15, 0.2) is 11.6 Å². The van der Waals surface area contributed by atoms with Gasteiger partial charge in [-0.3, -0.25) is 33.6 Å². The van der Waals surface area contributed by atoms with Gasteiger partial charge in [0.05, 0.1) is 5.52 Å². The Kier molecular flexibility index (Phi) is 8.70. The second-order valence-electron chi connectivity index (χ2n) is 9.25. The smallest absolute Gasteiger partial charge is 0.351 e. The maximum atomic E-state index is 12.9. The molecule has 0 radical (unpaired) electrons. The first-order valence-electron chi connectivity index (χ1n) is 12.9. The number of nitrogen functional groups attached to an aromatic ring is 2. The van der Waals surface area contributed by atoms with E-state index in [0.717, 1.165) is 0 Å². The largest absolute Gasteiger partial charge is 0.383 e. The molecule has 4 aromatic heterocycles. The molecule has 0 spiro atoms. The molecule has 4 aromatic rings. The number of hydrogen-bond acceptors (Lipinski definition) is 13. The molecule has 0 atom stereocenters. The Morgan fingerprint density at radius 1 is 0.881 bits per heavy atom. The molecule has 224 valence electrons. The molecule has 0 unspecified atom stereocenters. The molecule has 0 saturated heterocycles. The Balaban J connectivity index is 1.67. The highest BCUT2D eigenvalue weighted by Gasteiger charge is 2.17. The van der Waals surface area contributed by atoms with Crippen LogP contribution in [-0.4, -0.2) is 85.2 Å². The molecule has 0 fully saturated rings. The molecule has 0 aliphatic rings. The summed E-state index contributed by atoms with van der Waals surface area (Å²) in [5.74, 6) is 0.106. The van der Waals surface area contributed by atoms with E-state index in [2.05, 4.69) is 40.5 Å². The van der Waals surface area contributed by atoms with Gasteiger partial charge in [0, 0.05) is 59.4 Å². The minimum atomic E-state index is -0.677. The van der Waals surface area contributed by atoms with E-state index >= 15 is 0 Å². The second kappa shape index (κ2) is 12.4. The quantitative estimate of drug-likeness (QED) is 0.0463. The lowest BCUT2D eigenvalue weighted by molar-refractivity contribution is 0.250. The molecular formula is C23H33N15O4. The number of anilines is 4. The van der Waals surface area contributed by atoms with Gasteiger partial charge in [-0.1, -0.05) is 0 Å². The van der Waals surface area contributed by atoms with Crippen molar-refractivity contribution in [1.82, 2.24) is 39.0 Å². The third kappa shape index (κ3) is 6.14. The van der Waals surface area contributed by atoms with E-state index in [1.165, 1.54) is 9.13 Å². The number of H-pyrrole nitrogens is 2. The predicted molar refractivity (Wildman–Crippen MR) is 161 cm³/mol. The normalized spacial score (nSPS) is 11.3. The lowest BCUT2D eigenvalue weighted by atomic mass is 10.2. The number of nitrogens with one attached hydrogen (secondary N) is 4. The summed E-state index contributed by atoms with van der Waals surface area (Å²) in [4.78, 5) is 74.1. The molecular weight excluding hydrogens is 550 g/mol. The topological polar surface area (TPSA) is 292 Å². The van der Waals surface area contributed by atoms with E-state index in [9.17, 15) is 19.2 Å². The van der Waals surface area contributed by atoms with Crippen molar-refractivity contribution >= 4 is 51.3 Å². The molecule has 42 heavy (non-hydrogen) atoms. The van der Waals surface area contributed by atoms with Gasteiger partial charge in [-0.05, 0) is 6.42 Å². The zero-order valence-corrected chi connectivity index (χ0v) is 23.1. The monoisotopic (exact) mass is 583 g/mol. The highest BCUT2D eigenvalue weighted by molar-refractivity contribution is 5.89. The Bertz CT molecular complexity index is 1760. The Labute approximate surface area is 236 Å². The van der Waals surface area contributed by atoms with Gasteiger partial charge in [0.1, 0.15) is 28.2 Å². The molecule has 4 heterocycles. The minimum Gasteiger partial charge on any atom is -0.383 e. The van der Waals surface area contributed by atoms with E-state index in [1.54, 1.807) is 20.2 Å². The Hall–Kier alpha value is -5.46. The summed E-state index contributed by atoms with van der Waals surface area (Å²) < 4.78 is 2.62. The van der Waals surface area contributed by atoms with E-state index < -0.39 is 22.5 Å². The van der Waals surface area contributed by atoms with Gasteiger partial charge in [-0.15, -0.1) is 0 Å². The van der Waals surface area contributed by atoms with Crippen molar-refractivity contribution in [2.75, 3.05) is 62.4 Å². The SMILES string of the molecule is CNc1cc2c(c(N)nc(=O)n2CCN(CCCN=C(N)N)CCn2c(=O)nc(N)c3c(=O)[nH]c(NC)nc32)c(=O)[nH]1. The van der Waals surface area contributed by atoms with Gasteiger partial charge < -0.3 is 38.6 Å². The molecule has 0 aromatic carbocycles. The molecule has 12 N–H and O–H groups in total. The summed E-state index contributed by atoms with van der Waals surface area (Å²) in [6.45, 7) is 1.62. The fraction of sp³-hybridized carbons (Fsp3) is 0.391. The van der Waals surface area contributed by atoms with Crippen LogP contribution in [0.25, 0.3) is 21.9 Å². The lowest BCUT2D eigenvalue weighted by Gasteiger charge is -2.23. The maximum Gasteiger partial charge on any atom is 0.351 e. The molecule has 4 rings (SSSR count). The number of hydrogen-bond donors (Lipinski definition) is 8. The predicted octanol–water partition coefficient (Wildman–Crippen LogP) is -3.21. The number of pyridine rings is 1. The summed E-state index contributed by atoms with van der Waals surface area (Å²) >= 11 is 0. The summed E-state index contributed by atoms with van der Waals surface area (Å²) in [5, 5.41) is 5.68. The van der Waals surface area contributed by atoms with Crippen molar-refractivity contribution < 1.29 is 0 Å². The van der Waals surface area contributed by atoms with E-state index in [1.807, 2.05) is 4.90 Å². The van der Waals surface area contributed by atoms with Crippen molar-refractivity contribution in [3.8, 4) is 0 Å². The second-order valence-corrected chi connectivity index (χ2v) is 9.25. The average molecular weight is 584 g/mol. The summed E-state index contributed by atoms with van der Waals surface area (Å²) in [5.41, 5.74) is 20.7. The molecule has 0 saturated carbocycles. The maximum absolute atomic E-state index is 12.9. The van der Waals surface area contributed by atoms with Crippen LogP contribution in [0.5, 0.6) is 0 Å². The van der Waals surface area contributed by atoms with Crippen LogP contribution >= 0.6 is 0 Å². The van der Waals surface area contributed by atoms with Crippen LogP contribution in [0.15, 0.2) is 30.2 Å². The minimum absolute atomic E-state index is 0.00978. The van der Waals surface area contributed by atoms with Crippen molar-refractivity contribution in [2.45, 2.75) is 19.5 Å². The Morgan fingerprint density at radius 2 is 1.50 bits per heavy atom. The van der Waals surface area contributed by atoms with Crippen LogP contribution in [0.3, 0.4) is 0 Å². The number of aliphatic imine (C=N–C) groups is 1. The highest BCUT2D eigenvalue weighted by atomic mass is 16.2. The first-order valence-corrected chi connectivity index (χ1v) is 12.9. The van der Waals surface area contributed by atoms with E-state index in [4.69, 9.17) is 22.9 Å². The number of nitrogens with zero attached hydrogens (tertiary/aromatic N) is 7. The molecule has 0 bridgehead atoms. The average Bonchev–Trinajstić information content (AvgIpc) is 2.93. The molecule has 0 aliphatic carbocycles. The van der Waals surface area contributed by atoms with Crippen LogP contribution in [0, 0.1) is 0 Å². The van der Waals surface area contributed by atoms with Crippen LogP contribution in [0.2, 0.25) is 0 Å². The van der Waals surface area contributed by atoms with Crippen molar-refractivity contribution in [3.05, 3.63) is 47.7 Å².